The van der Waals surface area contributed by atoms with Gasteiger partial charge in [0.05, 0.1) is 6.04 Å². The highest BCUT2D eigenvalue weighted by Gasteiger charge is 2.48. The maximum Gasteiger partial charge on any atom is 0.356 e. The molecule has 0 radical (unpaired) electrons. The molecule has 1 heterocycles. The summed E-state index contributed by atoms with van der Waals surface area (Å²) in [4.78, 5) is 10.7. The Morgan fingerprint density at radius 2 is 2.50 bits per heavy atom. The molecule has 0 amide bonds. The number of carboxylic acid groups (broad SMARTS) is 1. The third-order valence-electron chi connectivity index (χ3n) is 2.80. The zero-order valence-electron chi connectivity index (χ0n) is 6.37. The van der Waals surface area contributed by atoms with E-state index in [4.69, 9.17) is 5.11 Å². The topological polar surface area (TPSA) is 61.7 Å². The molecular weight excluding hydrogens is 156 g/mol. The highest BCUT2D eigenvalue weighted by Crippen LogP contribution is 2.52. The smallest absolute Gasteiger partial charge is 0.356 e. The molecule has 4 nitrogen and oxygen atoms in total. The van der Waals surface area contributed by atoms with Crippen LogP contribution in [0.5, 0.6) is 0 Å². The second-order valence-corrected chi connectivity index (χ2v) is 3.52. The van der Waals surface area contributed by atoms with E-state index in [0.717, 1.165) is 18.4 Å². The number of carboxylic acids is 1. The van der Waals surface area contributed by atoms with E-state index in [1.54, 1.807) is 0 Å². The summed E-state index contributed by atoms with van der Waals surface area (Å²) in [5.41, 5.74) is 5.41. The maximum atomic E-state index is 10.7. The molecule has 0 aromatic carbocycles. The summed E-state index contributed by atoms with van der Waals surface area (Å²) in [5, 5.41) is 12.6. The molecule has 0 saturated heterocycles. The monoisotopic (exact) mass is 164 g/mol. The van der Waals surface area contributed by atoms with Gasteiger partial charge in [0.2, 0.25) is 0 Å². The number of fused-ring (bicyclic) bond motifs is 2. The van der Waals surface area contributed by atoms with Crippen molar-refractivity contribution < 1.29 is 9.90 Å². The number of nitrogens with one attached hydrogen (secondary N) is 1. The third kappa shape index (κ3) is 0.581. The van der Waals surface area contributed by atoms with E-state index < -0.39 is 5.97 Å². The minimum absolute atomic E-state index is 0.213. The van der Waals surface area contributed by atoms with Gasteiger partial charge in [-0.1, -0.05) is 5.57 Å². The van der Waals surface area contributed by atoms with Crippen molar-refractivity contribution in [3.05, 3.63) is 11.1 Å². The minimum Gasteiger partial charge on any atom is -0.476 e. The van der Waals surface area contributed by atoms with Crippen LogP contribution in [-0.4, -0.2) is 22.8 Å². The van der Waals surface area contributed by atoms with Crippen molar-refractivity contribution in [1.29, 1.82) is 0 Å². The van der Waals surface area contributed by atoms with Crippen molar-refractivity contribution >= 4 is 11.7 Å². The lowest BCUT2D eigenvalue weighted by molar-refractivity contribution is -0.129. The Balaban J connectivity index is 2.07. The summed E-state index contributed by atoms with van der Waals surface area (Å²) >= 11 is 0. The number of hydrogen-bond donors (Lipinski definition) is 2. The second kappa shape index (κ2) is 1.71. The van der Waals surface area contributed by atoms with Gasteiger partial charge in [0, 0.05) is 5.57 Å². The quantitative estimate of drug-likeness (QED) is 0.578. The standard InChI is InChI=1S/C8H8N2O2/c11-8(12)7-6-4-1-3(4)2-5(6)9-10-7/h3,5,9H,1-2H2,(H,11,12)/t3-,5-/m1/s1. The average molecular weight is 164 g/mol. The molecule has 62 valence electrons. The van der Waals surface area contributed by atoms with E-state index in [-0.39, 0.29) is 11.8 Å². The molecule has 1 saturated carbocycles. The lowest BCUT2D eigenvalue weighted by Gasteiger charge is -2.05. The fourth-order valence-electron chi connectivity index (χ4n) is 2.19. The zero-order chi connectivity index (χ0) is 8.29. The van der Waals surface area contributed by atoms with E-state index in [1.165, 1.54) is 5.57 Å². The summed E-state index contributed by atoms with van der Waals surface area (Å²) < 4.78 is 0. The first-order valence-electron chi connectivity index (χ1n) is 4.07. The van der Waals surface area contributed by atoms with Crippen molar-refractivity contribution in [2.45, 2.75) is 18.9 Å². The van der Waals surface area contributed by atoms with Gasteiger partial charge in [-0.3, -0.25) is 0 Å². The first-order chi connectivity index (χ1) is 5.77. The molecule has 2 atom stereocenters. The number of allylic oxidation sites excluding steroid dienone is 1. The summed E-state index contributed by atoms with van der Waals surface area (Å²) in [6.07, 6.45) is 2.14. The largest absolute Gasteiger partial charge is 0.476 e. The Hall–Kier alpha value is -1.32. The van der Waals surface area contributed by atoms with E-state index in [2.05, 4.69) is 10.5 Å². The Labute approximate surface area is 69.0 Å². The normalized spacial score (nSPS) is 35.5. The van der Waals surface area contributed by atoms with Crippen molar-refractivity contribution in [2.24, 2.45) is 11.0 Å². The Bertz CT molecular complexity index is 343. The Morgan fingerprint density at radius 3 is 3.25 bits per heavy atom. The number of rotatable bonds is 1. The fourth-order valence-corrected chi connectivity index (χ4v) is 2.19. The van der Waals surface area contributed by atoms with Gasteiger partial charge in [0.15, 0.2) is 5.71 Å². The van der Waals surface area contributed by atoms with Crippen LogP contribution in [0.4, 0.5) is 0 Å². The molecule has 2 N–H and O–H groups in total. The molecule has 0 spiro atoms. The number of hydrogen-bond acceptors (Lipinski definition) is 3. The van der Waals surface area contributed by atoms with Crippen LogP contribution in [0.25, 0.3) is 0 Å². The van der Waals surface area contributed by atoms with Gasteiger partial charge in [-0.2, -0.15) is 5.10 Å². The average Bonchev–Trinajstić information content (AvgIpc) is 2.53. The number of nitrogens with zero attached hydrogens (tertiary/aromatic N) is 1. The van der Waals surface area contributed by atoms with Gasteiger partial charge in [-0.05, 0) is 18.8 Å². The SMILES string of the molecule is O=C(O)C1=NN[C@@H]2C[C@H]3CC3=C12. The van der Waals surface area contributed by atoms with Crippen molar-refractivity contribution in [1.82, 2.24) is 5.43 Å². The molecule has 2 aliphatic carbocycles. The number of hydrazone groups is 1. The fraction of sp³-hybridized carbons (Fsp3) is 0.500. The van der Waals surface area contributed by atoms with Crippen LogP contribution < -0.4 is 5.43 Å². The van der Waals surface area contributed by atoms with Crippen molar-refractivity contribution in [3.8, 4) is 0 Å². The van der Waals surface area contributed by atoms with E-state index in [1.807, 2.05) is 0 Å². The first kappa shape index (κ1) is 6.22. The van der Waals surface area contributed by atoms with Gasteiger partial charge >= 0.3 is 5.97 Å². The molecule has 0 aromatic heterocycles. The Morgan fingerprint density at radius 1 is 1.67 bits per heavy atom. The summed E-state index contributed by atoms with van der Waals surface area (Å²) in [6, 6.07) is 0.213. The zero-order valence-corrected chi connectivity index (χ0v) is 6.37. The third-order valence-corrected chi connectivity index (χ3v) is 2.80. The minimum atomic E-state index is -0.903. The summed E-state index contributed by atoms with van der Waals surface area (Å²) in [6.45, 7) is 0. The molecule has 12 heavy (non-hydrogen) atoms. The first-order valence-corrected chi connectivity index (χ1v) is 4.07. The van der Waals surface area contributed by atoms with Gasteiger partial charge in [0.1, 0.15) is 0 Å². The van der Waals surface area contributed by atoms with Crippen LogP contribution in [0.1, 0.15) is 12.8 Å². The van der Waals surface area contributed by atoms with Crippen LogP contribution >= 0.6 is 0 Å². The van der Waals surface area contributed by atoms with Crippen LogP contribution in [0, 0.1) is 5.92 Å². The number of carbonyl (C=O) groups is 1. The van der Waals surface area contributed by atoms with Crippen LogP contribution in [-0.2, 0) is 4.79 Å². The van der Waals surface area contributed by atoms with Crippen LogP contribution in [0.2, 0.25) is 0 Å². The number of aliphatic carboxylic acids is 1. The predicted octanol–water partition coefficient (Wildman–Crippen LogP) is 0.119. The molecule has 0 unspecified atom stereocenters. The van der Waals surface area contributed by atoms with Crippen LogP contribution in [0.15, 0.2) is 16.2 Å². The lowest BCUT2D eigenvalue weighted by Crippen LogP contribution is -2.21. The van der Waals surface area contributed by atoms with Gasteiger partial charge in [0.25, 0.3) is 0 Å². The lowest BCUT2D eigenvalue weighted by atomic mass is 10.0. The van der Waals surface area contributed by atoms with E-state index in [0.29, 0.717) is 5.92 Å². The maximum absolute atomic E-state index is 10.7. The van der Waals surface area contributed by atoms with Gasteiger partial charge in [-0.15, -0.1) is 0 Å². The predicted molar refractivity (Wildman–Crippen MR) is 41.7 cm³/mol. The van der Waals surface area contributed by atoms with Crippen molar-refractivity contribution in [3.63, 3.8) is 0 Å². The summed E-state index contributed by atoms with van der Waals surface area (Å²) in [5.74, 6) is -0.234. The van der Waals surface area contributed by atoms with E-state index in [9.17, 15) is 4.79 Å². The molecular formula is C8H8N2O2. The molecule has 3 rings (SSSR count). The van der Waals surface area contributed by atoms with E-state index >= 15 is 0 Å². The highest BCUT2D eigenvalue weighted by atomic mass is 16.4. The van der Waals surface area contributed by atoms with Crippen LogP contribution in [0.3, 0.4) is 0 Å². The molecule has 0 bridgehead atoms. The molecule has 4 heteroatoms. The summed E-state index contributed by atoms with van der Waals surface area (Å²) in [7, 11) is 0. The van der Waals surface area contributed by atoms with Crippen molar-refractivity contribution in [2.75, 3.05) is 0 Å². The Kier molecular flexibility index (Phi) is 0.885. The molecule has 3 aliphatic rings. The van der Waals surface area contributed by atoms with Gasteiger partial charge < -0.3 is 10.5 Å². The molecule has 0 aromatic rings. The van der Waals surface area contributed by atoms with Gasteiger partial charge in [-0.25, -0.2) is 4.79 Å². The molecule has 1 fully saturated rings. The molecule has 1 aliphatic heterocycles. The highest BCUT2D eigenvalue weighted by molar-refractivity contribution is 6.43. The second-order valence-electron chi connectivity index (χ2n) is 3.52.